The first kappa shape index (κ1) is 10.2. The van der Waals surface area contributed by atoms with Crippen LogP contribution in [0.1, 0.15) is 25.7 Å². The third kappa shape index (κ3) is 1.89. The lowest BCUT2D eigenvalue weighted by atomic mass is 10.0. The number of rotatable bonds is 1. The number of hydrogen-bond acceptors (Lipinski definition) is 2. The van der Waals surface area contributed by atoms with E-state index in [4.69, 9.17) is 5.11 Å². The minimum absolute atomic E-state index is 0.0129. The van der Waals surface area contributed by atoms with Crippen molar-refractivity contribution in [1.29, 1.82) is 0 Å². The molecule has 2 aliphatic heterocycles. The summed E-state index contributed by atoms with van der Waals surface area (Å²) >= 11 is 0. The van der Waals surface area contributed by atoms with E-state index in [1.165, 1.54) is 0 Å². The zero-order valence-corrected chi connectivity index (χ0v) is 8.56. The molecule has 0 radical (unpaired) electrons. The van der Waals surface area contributed by atoms with Crippen molar-refractivity contribution in [1.82, 2.24) is 4.90 Å². The van der Waals surface area contributed by atoms with Crippen molar-refractivity contribution in [3.8, 4) is 0 Å². The molecular weight excluding hydrogens is 194 g/mol. The number of allylic oxidation sites excluding steroid dienone is 1. The third-order valence-corrected chi connectivity index (χ3v) is 3.13. The van der Waals surface area contributed by atoms with Gasteiger partial charge in [-0.1, -0.05) is 12.2 Å². The minimum atomic E-state index is -0.986. The summed E-state index contributed by atoms with van der Waals surface area (Å²) in [4.78, 5) is 24.3. The van der Waals surface area contributed by atoms with E-state index >= 15 is 0 Å². The Balaban J connectivity index is 2.17. The van der Waals surface area contributed by atoms with Crippen LogP contribution in [0.15, 0.2) is 12.2 Å². The Morgan fingerprint density at radius 3 is 3.00 bits per heavy atom. The van der Waals surface area contributed by atoms with Gasteiger partial charge in [-0.05, 0) is 25.7 Å². The van der Waals surface area contributed by atoms with E-state index in [0.717, 1.165) is 19.3 Å². The standard InChI is InChI=1S/C11H15NO3/c13-10-9(11(14)15)7-8-5-3-1-2-4-6-12(8)10/h3,5,8-9H,1-2,4,6-7H2,(H,14,15)/b5-3-/t8-,9?/m0/s1. The monoisotopic (exact) mass is 209 g/mol. The molecule has 4 nitrogen and oxygen atoms in total. The van der Waals surface area contributed by atoms with E-state index in [2.05, 4.69) is 6.08 Å². The molecule has 0 aromatic rings. The van der Waals surface area contributed by atoms with E-state index in [1.54, 1.807) is 4.90 Å². The molecule has 0 aromatic heterocycles. The number of carboxylic acids is 1. The molecule has 1 amide bonds. The Labute approximate surface area is 88.6 Å². The van der Waals surface area contributed by atoms with E-state index < -0.39 is 11.9 Å². The molecule has 0 aliphatic carbocycles. The maximum atomic E-state index is 11.8. The van der Waals surface area contributed by atoms with Gasteiger partial charge in [0.05, 0.1) is 6.04 Å². The summed E-state index contributed by atoms with van der Waals surface area (Å²) in [6, 6.07) is 0.0129. The summed E-state index contributed by atoms with van der Waals surface area (Å²) < 4.78 is 0. The Hall–Kier alpha value is -1.32. The average molecular weight is 209 g/mol. The molecule has 1 unspecified atom stereocenters. The van der Waals surface area contributed by atoms with Gasteiger partial charge in [0.2, 0.25) is 5.91 Å². The topological polar surface area (TPSA) is 57.6 Å². The van der Waals surface area contributed by atoms with E-state index in [9.17, 15) is 9.59 Å². The van der Waals surface area contributed by atoms with Crippen molar-refractivity contribution in [2.24, 2.45) is 5.92 Å². The number of nitrogens with zero attached hydrogens (tertiary/aromatic N) is 1. The number of carbonyl (C=O) groups excluding carboxylic acids is 1. The highest BCUT2D eigenvalue weighted by atomic mass is 16.4. The number of fused-ring (bicyclic) bond motifs is 1. The maximum Gasteiger partial charge on any atom is 0.316 e. The van der Waals surface area contributed by atoms with Gasteiger partial charge in [0.25, 0.3) is 0 Å². The van der Waals surface area contributed by atoms with E-state index in [1.807, 2.05) is 6.08 Å². The molecule has 82 valence electrons. The van der Waals surface area contributed by atoms with Gasteiger partial charge in [-0.3, -0.25) is 9.59 Å². The minimum Gasteiger partial charge on any atom is -0.481 e. The molecule has 15 heavy (non-hydrogen) atoms. The van der Waals surface area contributed by atoms with Crippen molar-refractivity contribution in [3.63, 3.8) is 0 Å². The summed E-state index contributed by atoms with van der Waals surface area (Å²) in [6.45, 7) is 0.706. The SMILES string of the molecule is O=C(O)C1C[C@@H]2/C=C\CCCCN2C1=O. The van der Waals surface area contributed by atoms with Crippen LogP contribution in [0.3, 0.4) is 0 Å². The van der Waals surface area contributed by atoms with Crippen molar-refractivity contribution < 1.29 is 14.7 Å². The molecule has 4 heteroatoms. The van der Waals surface area contributed by atoms with Crippen molar-refractivity contribution in [2.75, 3.05) is 6.54 Å². The van der Waals surface area contributed by atoms with Crippen molar-refractivity contribution >= 4 is 11.9 Å². The van der Waals surface area contributed by atoms with E-state index in [-0.39, 0.29) is 11.9 Å². The highest BCUT2D eigenvalue weighted by molar-refractivity contribution is 5.99. The van der Waals surface area contributed by atoms with Crippen LogP contribution >= 0.6 is 0 Å². The second-order valence-corrected chi connectivity index (χ2v) is 4.15. The molecule has 2 rings (SSSR count). The average Bonchev–Trinajstić information content (AvgIpc) is 2.42. The summed E-state index contributed by atoms with van der Waals surface area (Å²) in [5.74, 6) is -2.02. The summed E-state index contributed by atoms with van der Waals surface area (Å²) in [7, 11) is 0. The van der Waals surface area contributed by atoms with Gasteiger partial charge in [-0.25, -0.2) is 0 Å². The predicted molar refractivity (Wildman–Crippen MR) is 54.2 cm³/mol. The fraction of sp³-hybridized carbons (Fsp3) is 0.636. The number of hydrogen-bond donors (Lipinski definition) is 1. The lowest BCUT2D eigenvalue weighted by molar-refractivity contribution is -0.147. The van der Waals surface area contributed by atoms with Gasteiger partial charge in [0.15, 0.2) is 0 Å². The number of carboxylic acid groups (broad SMARTS) is 1. The normalized spacial score (nSPS) is 33.1. The number of aliphatic carboxylic acids is 1. The van der Waals surface area contributed by atoms with Crippen molar-refractivity contribution in [2.45, 2.75) is 31.7 Å². The second kappa shape index (κ2) is 4.04. The van der Waals surface area contributed by atoms with Gasteiger partial charge in [-0.15, -0.1) is 0 Å². The molecule has 1 saturated heterocycles. The van der Waals surface area contributed by atoms with Crippen LogP contribution in [0.5, 0.6) is 0 Å². The largest absolute Gasteiger partial charge is 0.481 e. The molecule has 0 aromatic carbocycles. The summed E-state index contributed by atoms with van der Waals surface area (Å²) in [5.41, 5.74) is 0. The first-order valence-electron chi connectivity index (χ1n) is 5.40. The lowest BCUT2D eigenvalue weighted by Gasteiger charge is -2.23. The molecule has 2 aliphatic rings. The van der Waals surface area contributed by atoms with Crippen LogP contribution in [-0.2, 0) is 9.59 Å². The Morgan fingerprint density at radius 2 is 2.27 bits per heavy atom. The Kier molecular flexibility index (Phi) is 2.75. The molecule has 1 fully saturated rings. The van der Waals surface area contributed by atoms with Crippen LogP contribution in [0, 0.1) is 5.92 Å². The molecular formula is C11H15NO3. The number of carbonyl (C=O) groups is 2. The fourth-order valence-electron chi connectivity index (χ4n) is 2.30. The quantitative estimate of drug-likeness (QED) is 0.518. The molecule has 2 heterocycles. The van der Waals surface area contributed by atoms with Crippen molar-refractivity contribution in [3.05, 3.63) is 12.2 Å². The van der Waals surface area contributed by atoms with Crippen LogP contribution < -0.4 is 0 Å². The first-order valence-corrected chi connectivity index (χ1v) is 5.40. The molecule has 2 atom stereocenters. The van der Waals surface area contributed by atoms with Gasteiger partial charge in [0.1, 0.15) is 5.92 Å². The molecule has 1 N–H and O–H groups in total. The summed E-state index contributed by atoms with van der Waals surface area (Å²) in [6.07, 6.45) is 7.57. The van der Waals surface area contributed by atoms with Crippen LogP contribution in [0.4, 0.5) is 0 Å². The molecule has 0 saturated carbocycles. The van der Waals surface area contributed by atoms with Gasteiger partial charge in [-0.2, -0.15) is 0 Å². The zero-order chi connectivity index (χ0) is 10.8. The van der Waals surface area contributed by atoms with Crippen LogP contribution in [0.2, 0.25) is 0 Å². The first-order chi connectivity index (χ1) is 7.20. The maximum absolute atomic E-state index is 11.8. The fourth-order valence-corrected chi connectivity index (χ4v) is 2.30. The predicted octanol–water partition coefficient (Wildman–Crippen LogP) is 1.03. The van der Waals surface area contributed by atoms with Gasteiger partial charge in [0, 0.05) is 6.54 Å². The zero-order valence-electron chi connectivity index (χ0n) is 8.56. The van der Waals surface area contributed by atoms with Gasteiger partial charge < -0.3 is 10.0 Å². The molecule has 0 bridgehead atoms. The Morgan fingerprint density at radius 1 is 1.47 bits per heavy atom. The smallest absolute Gasteiger partial charge is 0.316 e. The second-order valence-electron chi connectivity index (χ2n) is 4.15. The third-order valence-electron chi connectivity index (χ3n) is 3.13. The van der Waals surface area contributed by atoms with Crippen LogP contribution in [0.25, 0.3) is 0 Å². The highest BCUT2D eigenvalue weighted by Gasteiger charge is 2.42. The Bertz CT molecular complexity index is 311. The highest BCUT2D eigenvalue weighted by Crippen LogP contribution is 2.27. The number of amides is 1. The molecule has 0 spiro atoms. The summed E-state index contributed by atoms with van der Waals surface area (Å²) in [5, 5.41) is 8.90. The lowest BCUT2D eigenvalue weighted by Crippen LogP contribution is -2.35. The van der Waals surface area contributed by atoms with E-state index in [0.29, 0.717) is 13.0 Å². The van der Waals surface area contributed by atoms with Gasteiger partial charge >= 0.3 is 5.97 Å². The van der Waals surface area contributed by atoms with Crippen LogP contribution in [-0.4, -0.2) is 34.5 Å².